The molecule has 0 aromatic heterocycles. The van der Waals surface area contributed by atoms with Gasteiger partial charge >= 0.3 is 5.97 Å². The van der Waals surface area contributed by atoms with Crippen LogP contribution in [0.25, 0.3) is 0 Å². The van der Waals surface area contributed by atoms with Crippen molar-refractivity contribution in [3.8, 4) is 5.75 Å². The topological polar surface area (TPSA) is 72.8 Å². The molecular weight excluding hydrogens is 284 g/mol. The molecule has 0 bridgehead atoms. The van der Waals surface area contributed by atoms with E-state index in [1.54, 1.807) is 31.2 Å². The molecular formula is C17H22O5. The Morgan fingerprint density at radius 3 is 2.36 bits per heavy atom. The van der Waals surface area contributed by atoms with Gasteiger partial charge < -0.3 is 14.6 Å². The van der Waals surface area contributed by atoms with Crippen molar-refractivity contribution in [1.82, 2.24) is 0 Å². The van der Waals surface area contributed by atoms with Crippen molar-refractivity contribution < 1.29 is 24.2 Å². The molecule has 0 radical (unpaired) electrons. The molecule has 5 heteroatoms. The highest BCUT2D eigenvalue weighted by Crippen LogP contribution is 2.31. The first kappa shape index (κ1) is 17.9. The average molecular weight is 306 g/mol. The van der Waals surface area contributed by atoms with Crippen molar-refractivity contribution in [3.63, 3.8) is 0 Å². The van der Waals surface area contributed by atoms with Crippen LogP contribution in [0.2, 0.25) is 0 Å². The highest BCUT2D eigenvalue weighted by Gasteiger charge is 2.41. The fourth-order valence-electron chi connectivity index (χ4n) is 2.18. The van der Waals surface area contributed by atoms with E-state index in [4.69, 9.17) is 9.47 Å². The van der Waals surface area contributed by atoms with Crippen LogP contribution < -0.4 is 4.74 Å². The molecule has 1 aromatic rings. The quantitative estimate of drug-likeness (QED) is 0.453. The predicted molar refractivity (Wildman–Crippen MR) is 82.9 cm³/mol. The number of esters is 1. The number of ether oxygens (including phenoxy) is 2. The molecule has 0 saturated carbocycles. The molecule has 0 aliphatic heterocycles. The fourth-order valence-corrected chi connectivity index (χ4v) is 2.18. The van der Waals surface area contributed by atoms with Gasteiger partial charge in [0.05, 0.1) is 25.7 Å². The molecule has 0 aliphatic carbocycles. The summed E-state index contributed by atoms with van der Waals surface area (Å²) in [6.07, 6.45) is 0.410. The van der Waals surface area contributed by atoms with Crippen LogP contribution in [-0.4, -0.2) is 37.2 Å². The first-order chi connectivity index (χ1) is 10.4. The van der Waals surface area contributed by atoms with Gasteiger partial charge in [0.2, 0.25) is 0 Å². The number of hydrogen-bond donors (Lipinski definition) is 1. The molecule has 0 saturated heterocycles. The van der Waals surface area contributed by atoms with Gasteiger partial charge in [0.15, 0.2) is 5.78 Å². The molecule has 22 heavy (non-hydrogen) atoms. The largest absolute Gasteiger partial charge is 0.497 e. The van der Waals surface area contributed by atoms with Crippen LogP contribution in [0, 0.1) is 5.41 Å². The normalized spacial score (nSPS) is 14.5. The molecule has 0 heterocycles. The van der Waals surface area contributed by atoms with E-state index in [0.29, 0.717) is 11.3 Å². The Morgan fingerprint density at radius 1 is 1.32 bits per heavy atom. The van der Waals surface area contributed by atoms with E-state index in [1.165, 1.54) is 20.3 Å². The minimum absolute atomic E-state index is 0.175. The van der Waals surface area contributed by atoms with Gasteiger partial charge in [0, 0.05) is 12.0 Å². The molecule has 0 unspecified atom stereocenters. The van der Waals surface area contributed by atoms with Gasteiger partial charge in [0.1, 0.15) is 5.75 Å². The molecule has 1 aromatic carbocycles. The Labute approximate surface area is 130 Å². The third kappa shape index (κ3) is 3.95. The summed E-state index contributed by atoms with van der Waals surface area (Å²) in [4.78, 5) is 24.1. The second kappa shape index (κ2) is 7.75. The number of allylic oxidation sites excluding steroid dienone is 1. The van der Waals surface area contributed by atoms with Gasteiger partial charge in [-0.1, -0.05) is 6.08 Å². The lowest BCUT2D eigenvalue weighted by Gasteiger charge is -2.30. The number of methoxy groups -OCH3 is 2. The second-order valence-electron chi connectivity index (χ2n) is 5.27. The Hall–Kier alpha value is -2.14. The smallest absolute Gasteiger partial charge is 0.314 e. The van der Waals surface area contributed by atoms with E-state index >= 15 is 0 Å². The molecule has 5 nitrogen and oxygen atoms in total. The molecule has 0 fully saturated rings. The zero-order valence-corrected chi connectivity index (χ0v) is 13.2. The Bertz CT molecular complexity index is 534. The first-order valence-corrected chi connectivity index (χ1v) is 6.93. The lowest BCUT2D eigenvalue weighted by atomic mass is 9.78. The van der Waals surface area contributed by atoms with Crippen LogP contribution in [0.3, 0.4) is 0 Å². The van der Waals surface area contributed by atoms with E-state index in [2.05, 4.69) is 6.58 Å². The maximum absolute atomic E-state index is 12.2. The lowest BCUT2D eigenvalue weighted by Crippen LogP contribution is -2.41. The zero-order valence-electron chi connectivity index (χ0n) is 13.2. The number of carbonyl (C=O) groups excluding carboxylic acids is 2. The summed E-state index contributed by atoms with van der Waals surface area (Å²) in [6.45, 7) is 5.15. The van der Waals surface area contributed by atoms with Crippen LogP contribution in [0.1, 0.15) is 30.1 Å². The maximum Gasteiger partial charge on any atom is 0.314 e. The second-order valence-corrected chi connectivity index (χ2v) is 5.27. The molecule has 0 spiro atoms. The third-order valence-corrected chi connectivity index (χ3v) is 3.75. The van der Waals surface area contributed by atoms with Gasteiger partial charge in [0.25, 0.3) is 0 Å². The van der Waals surface area contributed by atoms with Gasteiger partial charge in [-0.2, -0.15) is 0 Å². The van der Waals surface area contributed by atoms with Crippen molar-refractivity contribution in [1.29, 1.82) is 0 Å². The van der Waals surface area contributed by atoms with Crippen LogP contribution in [0.15, 0.2) is 36.9 Å². The number of carbonyl (C=O) groups is 2. The van der Waals surface area contributed by atoms with Crippen LogP contribution in [-0.2, 0) is 9.53 Å². The summed E-state index contributed by atoms with van der Waals surface area (Å²) in [6, 6.07) is 6.58. The Morgan fingerprint density at radius 2 is 1.91 bits per heavy atom. The monoisotopic (exact) mass is 306 g/mol. The van der Waals surface area contributed by atoms with Crippen molar-refractivity contribution in [2.45, 2.75) is 25.9 Å². The molecule has 0 aliphatic rings. The Kier molecular flexibility index (Phi) is 6.31. The zero-order chi connectivity index (χ0) is 16.8. The molecule has 2 atom stereocenters. The Balaban J connectivity index is 2.87. The van der Waals surface area contributed by atoms with Crippen LogP contribution in [0.4, 0.5) is 0 Å². The lowest BCUT2D eigenvalue weighted by molar-refractivity contribution is -0.158. The summed E-state index contributed by atoms with van der Waals surface area (Å²) < 4.78 is 9.76. The maximum atomic E-state index is 12.2. The highest BCUT2D eigenvalue weighted by atomic mass is 16.5. The van der Waals surface area contributed by atoms with Gasteiger partial charge in [-0.15, -0.1) is 6.58 Å². The van der Waals surface area contributed by atoms with Crippen molar-refractivity contribution in [3.05, 3.63) is 42.5 Å². The van der Waals surface area contributed by atoms with Crippen LogP contribution >= 0.6 is 0 Å². The number of Topliss-reactive ketones (excluding diaryl/α,β-unsaturated/α-hetero) is 1. The highest BCUT2D eigenvalue weighted by molar-refractivity contribution is 5.97. The van der Waals surface area contributed by atoms with Gasteiger partial charge in [-0.05, 0) is 37.6 Å². The van der Waals surface area contributed by atoms with E-state index in [9.17, 15) is 14.7 Å². The third-order valence-electron chi connectivity index (χ3n) is 3.75. The SMILES string of the molecule is C=CC[C@](C)(C(=O)OC)[C@@H](O)CC(=O)c1ccc(OC)cc1. The van der Waals surface area contributed by atoms with Gasteiger partial charge in [-0.3, -0.25) is 9.59 Å². The number of rotatable bonds is 8. The predicted octanol–water partition coefficient (Wildman–Crippen LogP) is 2.38. The van der Waals surface area contributed by atoms with E-state index in [1.807, 2.05) is 0 Å². The number of benzene rings is 1. The fraction of sp³-hybridized carbons (Fsp3) is 0.412. The van der Waals surface area contributed by atoms with Crippen molar-refractivity contribution in [2.24, 2.45) is 5.41 Å². The molecule has 1 rings (SSSR count). The van der Waals surface area contributed by atoms with Gasteiger partial charge in [-0.25, -0.2) is 0 Å². The minimum atomic E-state index is -1.20. The molecule has 0 amide bonds. The summed E-state index contributed by atoms with van der Waals surface area (Å²) in [5, 5.41) is 10.3. The van der Waals surface area contributed by atoms with Crippen molar-refractivity contribution in [2.75, 3.05) is 14.2 Å². The summed E-state index contributed by atoms with van der Waals surface area (Å²) in [5.41, 5.74) is -0.746. The number of ketones is 1. The summed E-state index contributed by atoms with van der Waals surface area (Å²) >= 11 is 0. The molecule has 120 valence electrons. The van der Waals surface area contributed by atoms with Crippen molar-refractivity contribution >= 4 is 11.8 Å². The number of hydrogen-bond acceptors (Lipinski definition) is 5. The summed E-state index contributed by atoms with van der Waals surface area (Å²) in [5.74, 6) is -0.181. The standard InChI is InChI=1S/C17H22O5/c1-5-10-17(2,16(20)22-4)15(19)11-14(18)12-6-8-13(21-3)9-7-12/h5-9,15,19H,1,10-11H2,2-4H3/t15-,17-/m0/s1. The van der Waals surface area contributed by atoms with E-state index in [0.717, 1.165) is 0 Å². The molecule has 1 N–H and O–H groups in total. The summed E-state index contributed by atoms with van der Waals surface area (Å²) in [7, 11) is 2.79. The minimum Gasteiger partial charge on any atom is -0.497 e. The average Bonchev–Trinajstić information content (AvgIpc) is 2.53. The number of aliphatic hydroxyl groups is 1. The van der Waals surface area contributed by atoms with Crippen LogP contribution in [0.5, 0.6) is 5.75 Å². The number of aliphatic hydroxyl groups excluding tert-OH is 1. The van der Waals surface area contributed by atoms with E-state index < -0.39 is 17.5 Å². The first-order valence-electron chi connectivity index (χ1n) is 6.93. The van der Waals surface area contributed by atoms with E-state index in [-0.39, 0.29) is 18.6 Å².